The molecule has 5 nitrogen and oxygen atoms in total. The van der Waals surface area contributed by atoms with Crippen LogP contribution in [0.1, 0.15) is 12.6 Å². The van der Waals surface area contributed by atoms with Crippen molar-refractivity contribution >= 4 is 16.1 Å². The molecule has 0 amide bonds. The minimum Gasteiger partial charge on any atom is -0.870 e. The number of hydrogen-bond donors (Lipinski definition) is 0. The van der Waals surface area contributed by atoms with Crippen molar-refractivity contribution < 1.29 is 48.2 Å². The van der Waals surface area contributed by atoms with Crippen LogP contribution in [0, 0.1) is 0 Å². The van der Waals surface area contributed by atoms with Crippen LogP contribution in [-0.4, -0.2) is 30.9 Å². The van der Waals surface area contributed by atoms with Crippen molar-refractivity contribution in [1.82, 2.24) is 4.98 Å². The Morgan fingerprint density at radius 2 is 2.00 bits per heavy atom. The number of rotatable bonds is 4. The third kappa shape index (κ3) is 4.71. The van der Waals surface area contributed by atoms with Gasteiger partial charge in [-0.3, -0.25) is 11.3 Å². The molecule has 0 spiro atoms. The van der Waals surface area contributed by atoms with Gasteiger partial charge in [0.2, 0.25) is 0 Å². The summed E-state index contributed by atoms with van der Waals surface area (Å²) < 4.78 is 22.7. The van der Waals surface area contributed by atoms with E-state index >= 15 is 0 Å². The van der Waals surface area contributed by atoms with E-state index in [9.17, 15) is 13.2 Å². The molecule has 0 aromatic carbocycles. The number of pyridine rings is 1. The van der Waals surface area contributed by atoms with Crippen molar-refractivity contribution in [3.8, 4) is 0 Å². The third-order valence-corrected chi connectivity index (χ3v) is 3.51. The maximum absolute atomic E-state index is 11.4. The molecular weight excluding hydrogens is 241 g/mol. The molecule has 0 saturated carbocycles. The summed E-state index contributed by atoms with van der Waals surface area (Å²) in [7, 11) is -3.19. The van der Waals surface area contributed by atoms with Crippen molar-refractivity contribution in [3.05, 3.63) is 24.0 Å². The van der Waals surface area contributed by atoms with E-state index < -0.39 is 9.84 Å². The summed E-state index contributed by atoms with van der Waals surface area (Å²) in [5.41, 5.74) is 0.523. The van der Waals surface area contributed by atoms with Crippen LogP contribution in [0.25, 0.3) is 0 Å². The van der Waals surface area contributed by atoms with Crippen molar-refractivity contribution in [2.45, 2.75) is 18.2 Å². The third-order valence-electron chi connectivity index (χ3n) is 1.79. The Hall–Kier alpha value is -0.270. The van der Waals surface area contributed by atoms with E-state index in [2.05, 4.69) is 4.98 Å². The topological polar surface area (TPSA) is 94.1 Å². The fourth-order valence-corrected chi connectivity index (χ4v) is 1.76. The van der Waals surface area contributed by atoms with Gasteiger partial charge in [-0.05, 0) is 12.1 Å². The maximum atomic E-state index is 11.4. The number of hydrogen-bond acceptors (Lipinski definition) is 5. The zero-order valence-electron chi connectivity index (χ0n) is 9.17. The van der Waals surface area contributed by atoms with Crippen LogP contribution in [0.5, 0.6) is 0 Å². The van der Waals surface area contributed by atoms with Crippen LogP contribution >= 0.6 is 0 Å². The summed E-state index contributed by atoms with van der Waals surface area (Å²) in [6, 6.07) is 2.98. The molecule has 0 fully saturated rings. The molecule has 0 aliphatic carbocycles. The van der Waals surface area contributed by atoms with Gasteiger partial charge in [-0.25, -0.2) is 8.42 Å². The molecule has 1 aromatic heterocycles. The Morgan fingerprint density at radius 1 is 1.38 bits per heavy atom. The molecular formula is C9H11NNaO4S-. The number of carbonyl (C=O) groups excluding carboxylic acids is 1. The van der Waals surface area contributed by atoms with E-state index in [4.69, 9.17) is 0 Å². The van der Waals surface area contributed by atoms with E-state index in [-0.39, 0.29) is 52.1 Å². The van der Waals surface area contributed by atoms with E-state index in [1.165, 1.54) is 18.3 Å². The Bertz CT molecular complexity index is 416. The summed E-state index contributed by atoms with van der Waals surface area (Å²) in [5.74, 6) is 0.0494. The van der Waals surface area contributed by atoms with Gasteiger partial charge >= 0.3 is 29.6 Å². The smallest absolute Gasteiger partial charge is 0.870 e. The fraction of sp³-hybridized carbons (Fsp3) is 0.333. The molecule has 1 N–H and O–H groups in total. The fourth-order valence-electron chi connectivity index (χ4n) is 0.940. The van der Waals surface area contributed by atoms with Crippen LogP contribution in [0.15, 0.2) is 23.2 Å². The molecule has 1 aromatic rings. The van der Waals surface area contributed by atoms with Crippen LogP contribution < -0.4 is 29.6 Å². The second-order valence-electron chi connectivity index (χ2n) is 2.71. The van der Waals surface area contributed by atoms with Gasteiger partial charge in [0.15, 0.2) is 9.84 Å². The minimum absolute atomic E-state index is 0. The van der Waals surface area contributed by atoms with Crippen LogP contribution in [0.4, 0.5) is 0 Å². The van der Waals surface area contributed by atoms with Crippen molar-refractivity contribution in [3.63, 3.8) is 0 Å². The zero-order valence-corrected chi connectivity index (χ0v) is 12.0. The molecule has 84 valence electrons. The summed E-state index contributed by atoms with van der Waals surface area (Å²) in [6.07, 6.45) is 3.05. The maximum Gasteiger partial charge on any atom is 1.00 e. The van der Waals surface area contributed by atoms with Gasteiger partial charge in [0.25, 0.3) is 0 Å². The van der Waals surface area contributed by atoms with Gasteiger partial charge in [0, 0.05) is 11.9 Å². The molecule has 0 radical (unpaired) electrons. The van der Waals surface area contributed by atoms with Crippen molar-refractivity contribution in [2.75, 3.05) is 5.75 Å². The van der Waals surface area contributed by atoms with Crippen LogP contribution in [-0.2, 0) is 21.1 Å². The first kappa shape index (κ1) is 18.1. The molecule has 16 heavy (non-hydrogen) atoms. The van der Waals surface area contributed by atoms with Gasteiger partial charge in [0.05, 0.1) is 10.6 Å². The number of sulfone groups is 1. The Balaban J connectivity index is 0. The zero-order chi connectivity index (χ0) is 10.6. The molecule has 0 saturated heterocycles. The average Bonchev–Trinajstić information content (AvgIpc) is 2.19. The standard InChI is InChI=1S/C9H10NO3S.Na.H2O/c1-2-14(12,13)9-4-3-8(5-6-11)10-7-9;;/h3-4,7H,2,5H2,1H3;;1H2/q-1;+1;/p-1. The first-order chi connectivity index (χ1) is 6.60. The first-order valence-electron chi connectivity index (χ1n) is 4.13. The summed E-state index contributed by atoms with van der Waals surface area (Å²) in [4.78, 5) is 14.1. The second-order valence-corrected chi connectivity index (χ2v) is 4.99. The second kappa shape index (κ2) is 7.92. The van der Waals surface area contributed by atoms with E-state index in [0.717, 1.165) is 0 Å². The molecule has 0 atom stereocenters. The normalized spacial score (nSPS) is 9.81. The summed E-state index contributed by atoms with van der Waals surface area (Å²) >= 11 is 0. The van der Waals surface area contributed by atoms with Gasteiger partial charge in [-0.1, -0.05) is 6.92 Å². The number of aromatic nitrogens is 1. The van der Waals surface area contributed by atoms with Gasteiger partial charge in [-0.2, -0.15) is 0 Å². The predicted octanol–water partition coefficient (Wildman–Crippen LogP) is -2.65. The molecule has 0 bridgehead atoms. The van der Waals surface area contributed by atoms with Crippen molar-refractivity contribution in [2.24, 2.45) is 0 Å². The predicted molar refractivity (Wildman–Crippen MR) is 53.3 cm³/mol. The monoisotopic (exact) mass is 252 g/mol. The quantitative estimate of drug-likeness (QED) is 0.431. The van der Waals surface area contributed by atoms with Gasteiger partial charge in [0.1, 0.15) is 0 Å². The average molecular weight is 252 g/mol. The Morgan fingerprint density at radius 3 is 2.38 bits per heavy atom. The number of nitrogens with zero attached hydrogens (tertiary/aromatic N) is 1. The van der Waals surface area contributed by atoms with Gasteiger partial charge in [-0.15, -0.1) is 6.42 Å². The summed E-state index contributed by atoms with van der Waals surface area (Å²) in [5, 5.41) is 0. The molecule has 0 aliphatic rings. The minimum atomic E-state index is -3.19. The molecule has 0 aliphatic heterocycles. The van der Waals surface area contributed by atoms with E-state index in [0.29, 0.717) is 5.69 Å². The van der Waals surface area contributed by atoms with Crippen molar-refractivity contribution in [1.29, 1.82) is 0 Å². The van der Waals surface area contributed by atoms with Crippen LogP contribution in [0.2, 0.25) is 0 Å². The van der Waals surface area contributed by atoms with Gasteiger partial charge < -0.3 is 10.3 Å². The molecule has 0 unspecified atom stereocenters. The van der Waals surface area contributed by atoms with Crippen LogP contribution in [0.3, 0.4) is 0 Å². The summed E-state index contributed by atoms with van der Waals surface area (Å²) in [6.45, 7) is 1.57. The van der Waals surface area contributed by atoms with E-state index in [1.807, 2.05) is 0 Å². The Labute approximate surface area is 117 Å². The molecule has 1 heterocycles. The molecule has 7 heteroatoms. The largest absolute Gasteiger partial charge is 1.00 e. The first-order valence-corrected chi connectivity index (χ1v) is 5.78. The van der Waals surface area contributed by atoms with E-state index in [1.54, 1.807) is 13.2 Å². The molecule has 1 rings (SSSR count). The SMILES string of the molecule is CCS(=O)(=O)c1ccc(C[C-]=O)nc1.[Na+].[OH-]. The Kier molecular flexibility index (Phi) is 8.96.